The number of carbonyl (C=O) groups excluding carboxylic acids is 2. The highest BCUT2D eigenvalue weighted by Gasteiger charge is 2.52. The van der Waals surface area contributed by atoms with E-state index in [4.69, 9.17) is 9.47 Å². The first-order valence-corrected chi connectivity index (χ1v) is 11.2. The van der Waals surface area contributed by atoms with Gasteiger partial charge in [0.1, 0.15) is 5.75 Å². The van der Waals surface area contributed by atoms with Gasteiger partial charge in [-0.1, -0.05) is 0 Å². The van der Waals surface area contributed by atoms with Gasteiger partial charge in [-0.25, -0.2) is 4.79 Å². The van der Waals surface area contributed by atoms with Crippen LogP contribution < -0.4 is 10.1 Å². The van der Waals surface area contributed by atoms with Crippen LogP contribution in [0.5, 0.6) is 5.75 Å². The van der Waals surface area contributed by atoms with Gasteiger partial charge >= 0.3 is 5.97 Å². The number of esters is 1. The Labute approximate surface area is 183 Å². The van der Waals surface area contributed by atoms with Crippen molar-refractivity contribution in [2.45, 2.75) is 43.9 Å². The highest BCUT2D eigenvalue weighted by atomic mass is 16.5. The first-order valence-electron chi connectivity index (χ1n) is 11.2. The van der Waals surface area contributed by atoms with Crippen LogP contribution in [-0.2, 0) is 10.2 Å². The van der Waals surface area contributed by atoms with Gasteiger partial charge < -0.3 is 14.8 Å². The highest BCUT2D eigenvalue weighted by Crippen LogP contribution is 2.61. The molecule has 0 spiro atoms. The number of anilines is 1. The predicted molar refractivity (Wildman–Crippen MR) is 119 cm³/mol. The van der Waals surface area contributed by atoms with E-state index in [0.29, 0.717) is 16.8 Å². The quantitative estimate of drug-likeness (QED) is 0.677. The Morgan fingerprint density at radius 3 is 2.00 bits per heavy atom. The van der Waals surface area contributed by atoms with Crippen molar-refractivity contribution in [3.63, 3.8) is 0 Å². The molecule has 0 heterocycles. The number of benzene rings is 2. The second-order valence-corrected chi connectivity index (χ2v) is 9.64. The number of rotatable bonds is 5. The van der Waals surface area contributed by atoms with Crippen molar-refractivity contribution in [1.82, 2.24) is 0 Å². The average Bonchev–Trinajstić information content (AvgIpc) is 2.77. The van der Waals surface area contributed by atoms with Gasteiger partial charge in [0.15, 0.2) is 0 Å². The van der Waals surface area contributed by atoms with Crippen LogP contribution in [0.4, 0.5) is 5.69 Å². The Hall–Kier alpha value is -2.82. The lowest BCUT2D eigenvalue weighted by Gasteiger charge is -2.57. The molecule has 5 nitrogen and oxygen atoms in total. The summed E-state index contributed by atoms with van der Waals surface area (Å²) in [5.41, 5.74) is 3.10. The normalized spacial score (nSPS) is 28.3. The summed E-state index contributed by atoms with van der Waals surface area (Å²) in [4.78, 5) is 24.6. The van der Waals surface area contributed by atoms with E-state index in [-0.39, 0.29) is 11.3 Å². The molecule has 0 unspecified atom stereocenters. The first kappa shape index (κ1) is 20.1. The van der Waals surface area contributed by atoms with Crippen molar-refractivity contribution >= 4 is 17.6 Å². The third kappa shape index (κ3) is 3.60. The van der Waals surface area contributed by atoms with E-state index < -0.39 is 5.97 Å². The molecule has 5 heteroatoms. The summed E-state index contributed by atoms with van der Waals surface area (Å²) in [5, 5.41) is 2.95. The number of amides is 1. The van der Waals surface area contributed by atoms with Gasteiger partial charge in [0.05, 0.1) is 19.8 Å². The number of hydrogen-bond donors (Lipinski definition) is 1. The topological polar surface area (TPSA) is 64.6 Å². The standard InChI is InChI=1S/C26H29NO4/c1-30-23-8-5-20(24(28)27-21-6-3-19(4-7-21)25(29)31-2)12-22(23)26-13-16-9-17(14-26)11-18(10-16)15-26/h3-8,12,16-18H,9-11,13-15H2,1-2H3,(H,27,28). The Morgan fingerprint density at radius 1 is 0.871 bits per heavy atom. The van der Waals surface area contributed by atoms with Gasteiger partial charge in [0.2, 0.25) is 0 Å². The lowest BCUT2D eigenvalue weighted by molar-refractivity contribution is -0.00617. The molecule has 4 aliphatic rings. The second kappa shape index (κ2) is 7.70. The molecule has 4 aliphatic carbocycles. The number of methoxy groups -OCH3 is 2. The maximum atomic E-state index is 13.0. The van der Waals surface area contributed by atoms with E-state index in [1.807, 2.05) is 12.1 Å². The molecule has 0 aliphatic heterocycles. The van der Waals surface area contributed by atoms with Crippen LogP contribution >= 0.6 is 0 Å². The fourth-order valence-electron chi connectivity index (χ4n) is 6.71. The minimum atomic E-state index is -0.395. The van der Waals surface area contributed by atoms with Gasteiger partial charge in [-0.2, -0.15) is 0 Å². The molecule has 0 radical (unpaired) electrons. The zero-order valence-electron chi connectivity index (χ0n) is 18.1. The molecule has 162 valence electrons. The smallest absolute Gasteiger partial charge is 0.337 e. The van der Waals surface area contributed by atoms with Crippen LogP contribution in [0.3, 0.4) is 0 Å². The van der Waals surface area contributed by atoms with E-state index in [1.54, 1.807) is 31.4 Å². The molecule has 6 rings (SSSR count). The lowest BCUT2D eigenvalue weighted by atomic mass is 9.48. The average molecular weight is 420 g/mol. The number of nitrogens with one attached hydrogen (secondary N) is 1. The zero-order chi connectivity index (χ0) is 21.6. The number of carbonyl (C=O) groups is 2. The minimum absolute atomic E-state index is 0.151. The predicted octanol–water partition coefficient (Wildman–Crippen LogP) is 5.20. The maximum absolute atomic E-state index is 13.0. The van der Waals surface area contributed by atoms with Gasteiger partial charge in [0, 0.05) is 16.8 Å². The van der Waals surface area contributed by atoms with Gasteiger partial charge in [-0.3, -0.25) is 4.79 Å². The van der Waals surface area contributed by atoms with Crippen LogP contribution in [-0.4, -0.2) is 26.1 Å². The van der Waals surface area contributed by atoms with E-state index in [0.717, 1.165) is 23.5 Å². The lowest BCUT2D eigenvalue weighted by Crippen LogP contribution is -2.48. The minimum Gasteiger partial charge on any atom is -0.496 e. The summed E-state index contributed by atoms with van der Waals surface area (Å²) in [6.07, 6.45) is 7.79. The fourth-order valence-corrected chi connectivity index (χ4v) is 6.71. The molecular weight excluding hydrogens is 390 g/mol. The Morgan fingerprint density at radius 2 is 1.45 bits per heavy atom. The maximum Gasteiger partial charge on any atom is 0.337 e. The Balaban J connectivity index is 1.41. The van der Waals surface area contributed by atoms with Crippen LogP contribution in [0, 0.1) is 17.8 Å². The summed E-state index contributed by atoms with van der Waals surface area (Å²) in [5.74, 6) is 2.82. The third-order valence-electron chi connectivity index (χ3n) is 7.64. The van der Waals surface area contributed by atoms with Crippen molar-refractivity contribution in [1.29, 1.82) is 0 Å². The molecule has 2 aromatic carbocycles. The van der Waals surface area contributed by atoms with Gasteiger partial charge in [0.25, 0.3) is 5.91 Å². The second-order valence-electron chi connectivity index (χ2n) is 9.64. The molecule has 4 saturated carbocycles. The van der Waals surface area contributed by atoms with Crippen molar-refractivity contribution in [3.05, 3.63) is 59.2 Å². The van der Waals surface area contributed by atoms with Crippen LogP contribution in [0.1, 0.15) is 64.8 Å². The molecule has 2 aromatic rings. The molecule has 0 atom stereocenters. The monoisotopic (exact) mass is 419 g/mol. The fraction of sp³-hybridized carbons (Fsp3) is 0.462. The largest absolute Gasteiger partial charge is 0.496 e. The summed E-state index contributed by atoms with van der Waals surface area (Å²) in [6.45, 7) is 0. The Kier molecular flexibility index (Phi) is 4.99. The van der Waals surface area contributed by atoms with Crippen molar-refractivity contribution in [2.75, 3.05) is 19.5 Å². The van der Waals surface area contributed by atoms with E-state index in [1.165, 1.54) is 51.2 Å². The van der Waals surface area contributed by atoms with Crippen LogP contribution in [0.2, 0.25) is 0 Å². The molecule has 1 amide bonds. The molecular formula is C26H29NO4. The first-order chi connectivity index (χ1) is 15.0. The van der Waals surface area contributed by atoms with E-state index in [2.05, 4.69) is 11.4 Å². The van der Waals surface area contributed by atoms with E-state index >= 15 is 0 Å². The highest BCUT2D eigenvalue weighted by molar-refractivity contribution is 6.04. The molecule has 4 bridgehead atoms. The van der Waals surface area contributed by atoms with Crippen molar-refractivity contribution < 1.29 is 19.1 Å². The SMILES string of the molecule is COC(=O)c1ccc(NC(=O)c2ccc(OC)c(C34CC5CC(CC(C5)C3)C4)c2)cc1. The summed E-state index contributed by atoms with van der Waals surface area (Å²) in [6, 6.07) is 12.6. The molecule has 31 heavy (non-hydrogen) atoms. The van der Waals surface area contributed by atoms with E-state index in [9.17, 15) is 9.59 Å². The van der Waals surface area contributed by atoms with Crippen LogP contribution in [0.15, 0.2) is 42.5 Å². The summed E-state index contributed by atoms with van der Waals surface area (Å²) >= 11 is 0. The molecule has 0 aromatic heterocycles. The molecule has 0 saturated heterocycles. The molecule has 4 fully saturated rings. The Bertz CT molecular complexity index is 975. The summed E-state index contributed by atoms with van der Waals surface area (Å²) in [7, 11) is 3.07. The van der Waals surface area contributed by atoms with Crippen LogP contribution in [0.25, 0.3) is 0 Å². The zero-order valence-corrected chi connectivity index (χ0v) is 18.1. The van der Waals surface area contributed by atoms with Crippen molar-refractivity contribution in [3.8, 4) is 5.75 Å². The number of hydrogen-bond acceptors (Lipinski definition) is 4. The van der Waals surface area contributed by atoms with Crippen molar-refractivity contribution in [2.24, 2.45) is 17.8 Å². The molecule has 1 N–H and O–H groups in total. The third-order valence-corrected chi connectivity index (χ3v) is 7.64. The van der Waals surface area contributed by atoms with Gasteiger partial charge in [-0.15, -0.1) is 0 Å². The number of ether oxygens (including phenoxy) is 2. The summed E-state index contributed by atoms with van der Waals surface area (Å²) < 4.78 is 10.5. The van der Waals surface area contributed by atoms with Gasteiger partial charge in [-0.05, 0) is 104 Å².